The van der Waals surface area contributed by atoms with Crippen molar-refractivity contribution in [2.75, 3.05) is 4.93 Å². The van der Waals surface area contributed by atoms with Crippen molar-refractivity contribution in [3.8, 4) is 0 Å². The number of alkyl halides is 1. The molecule has 0 aliphatic rings. The van der Waals surface area contributed by atoms with Gasteiger partial charge in [-0.2, -0.15) is 0 Å². The van der Waals surface area contributed by atoms with Gasteiger partial charge in [0.05, 0.1) is 0 Å². The molecule has 0 saturated heterocycles. The van der Waals surface area contributed by atoms with Gasteiger partial charge in [-0.05, 0) is 11.4 Å². The number of rotatable bonds is 1. The Morgan fingerprint density at radius 1 is 1.62 bits per heavy atom. The van der Waals surface area contributed by atoms with E-state index < -0.39 is 0 Å². The van der Waals surface area contributed by atoms with Gasteiger partial charge >= 0.3 is 22.4 Å². The van der Waals surface area contributed by atoms with Gasteiger partial charge in [-0.15, -0.1) is 0 Å². The second-order valence-corrected chi connectivity index (χ2v) is 0.175. The van der Waals surface area contributed by atoms with Crippen LogP contribution in [0, 0.1) is 0 Å². The zero-order valence-electron chi connectivity index (χ0n) is 3.74. The van der Waals surface area contributed by atoms with E-state index in [1.54, 1.807) is 0 Å². The standard InChI is InChI=1S/CH3I.CHO3.2Ag/c1-2;2-1-4-3;;/h1H3;3H;;/q;-1;;+1. The number of carbonyl (C=O) groups excluding carboxylic acids is 1. The average Bonchev–Trinajstić information content (AvgIpc) is 1.72. The van der Waals surface area contributed by atoms with Gasteiger partial charge in [-0.1, -0.05) is 22.6 Å². The Morgan fingerprint density at radius 3 is 1.75 bits per heavy atom. The van der Waals surface area contributed by atoms with Crippen LogP contribution in [0.4, 0.5) is 0 Å². The van der Waals surface area contributed by atoms with Gasteiger partial charge in [0, 0.05) is 22.4 Å². The van der Waals surface area contributed by atoms with Crippen LogP contribution in [0.2, 0.25) is 0 Å². The van der Waals surface area contributed by atoms with Crippen LogP contribution >= 0.6 is 22.6 Å². The third-order valence-corrected chi connectivity index (χ3v) is 0.0373. The van der Waals surface area contributed by atoms with Gasteiger partial charge in [-0.25, -0.2) is 5.26 Å². The molecule has 1 radical (unpaired) electrons. The summed E-state index contributed by atoms with van der Waals surface area (Å²) < 4.78 is 0. The van der Waals surface area contributed by atoms with Crippen LogP contribution in [0.15, 0.2) is 0 Å². The molecule has 0 unspecified atom stereocenters. The molecule has 0 atom stereocenters. The second kappa shape index (κ2) is 38.1. The van der Waals surface area contributed by atoms with E-state index in [1.165, 1.54) is 0 Å². The summed E-state index contributed by atoms with van der Waals surface area (Å²) in [6.07, 6.45) is 0. The van der Waals surface area contributed by atoms with Crippen molar-refractivity contribution in [3.05, 3.63) is 0 Å². The normalized spacial score (nSPS) is 3.38. The Balaban J connectivity index is -0.0000000183. The minimum atomic E-state index is 0. The zero-order chi connectivity index (χ0) is 5.41. The van der Waals surface area contributed by atoms with Gasteiger partial charge in [0.2, 0.25) is 0 Å². The maximum Gasteiger partial charge on any atom is 1.00 e. The summed E-state index contributed by atoms with van der Waals surface area (Å²) in [4.78, 5) is 13.3. The van der Waals surface area contributed by atoms with E-state index >= 15 is 0 Å². The van der Waals surface area contributed by atoms with Crippen molar-refractivity contribution < 1.29 is 59.7 Å². The molecule has 0 aliphatic carbocycles. The Kier molecular flexibility index (Phi) is 108. The second-order valence-electron chi connectivity index (χ2n) is 0.175. The summed E-state index contributed by atoms with van der Waals surface area (Å²) in [6.45, 7) is 0.736. The molecule has 59 valence electrons. The summed E-state index contributed by atoms with van der Waals surface area (Å²) in [5.41, 5.74) is 0. The first-order valence-electron chi connectivity index (χ1n) is 0.969. The molecule has 6 heteroatoms. The number of halogens is 1. The van der Waals surface area contributed by atoms with Gasteiger partial charge in [0.15, 0.2) is 0 Å². The molecule has 3 nitrogen and oxygen atoms in total. The van der Waals surface area contributed by atoms with Crippen molar-refractivity contribution in [1.82, 2.24) is 0 Å². The molecule has 1 N–H and O–H groups in total. The van der Waals surface area contributed by atoms with E-state index in [0.29, 0.717) is 0 Å². The topological polar surface area (TPSA) is 46.5 Å². The van der Waals surface area contributed by atoms with Crippen LogP contribution in [-0.4, -0.2) is 16.7 Å². The maximum absolute atomic E-state index is 8.58. The predicted molar refractivity (Wildman–Crippen MR) is 29.4 cm³/mol. The van der Waals surface area contributed by atoms with Gasteiger partial charge in [-0.3, -0.25) is 0 Å². The predicted octanol–water partition coefficient (Wildman–Crippen LogP) is 0.589. The van der Waals surface area contributed by atoms with Crippen LogP contribution in [0.3, 0.4) is 0 Å². The summed E-state index contributed by atoms with van der Waals surface area (Å²) in [5, 5.41) is 6.95. The van der Waals surface area contributed by atoms with Crippen molar-refractivity contribution in [1.29, 1.82) is 0 Å². The van der Waals surface area contributed by atoms with E-state index in [9.17, 15) is 0 Å². The summed E-state index contributed by atoms with van der Waals surface area (Å²) in [6, 6.07) is 0. The molecule has 0 fully saturated rings. The quantitative estimate of drug-likeness (QED) is 0.169. The first-order valence-corrected chi connectivity index (χ1v) is 3.13. The Morgan fingerprint density at radius 2 is 1.75 bits per heavy atom. The molecule has 0 amide bonds. The molecular formula is C2H4Ag2IO3. The van der Waals surface area contributed by atoms with Crippen LogP contribution in [-0.2, 0) is 54.4 Å². The SMILES string of the molecule is CI.O=[C-]OO.[Ag+].[Ag]. The Bertz CT molecular complexity index is 29.2. The summed E-state index contributed by atoms with van der Waals surface area (Å²) >= 11 is 2.15. The number of hydrogen-bond donors (Lipinski definition) is 1. The van der Waals surface area contributed by atoms with Gasteiger partial charge < -0.3 is 9.68 Å². The maximum atomic E-state index is 8.58. The van der Waals surface area contributed by atoms with Crippen LogP contribution in [0.25, 0.3) is 0 Å². The average molecular weight is 419 g/mol. The van der Waals surface area contributed by atoms with Gasteiger partial charge in [0.1, 0.15) is 0 Å². The van der Waals surface area contributed by atoms with Crippen molar-refractivity contribution in [2.24, 2.45) is 0 Å². The van der Waals surface area contributed by atoms with Crippen molar-refractivity contribution in [2.45, 2.75) is 0 Å². The first kappa shape index (κ1) is 22.6. The molecule has 0 heterocycles. The molecule has 0 spiro atoms. The van der Waals surface area contributed by atoms with E-state index in [4.69, 9.17) is 10.1 Å². The fourth-order valence-electron chi connectivity index (χ4n) is 0. The van der Waals surface area contributed by atoms with E-state index in [-0.39, 0.29) is 44.8 Å². The molecule has 0 aromatic carbocycles. The van der Waals surface area contributed by atoms with Crippen LogP contribution < -0.4 is 0 Å². The molecule has 8 heavy (non-hydrogen) atoms. The monoisotopic (exact) mass is 417 g/mol. The molecule has 0 bridgehead atoms. The molecule has 0 aromatic heterocycles. The first-order chi connectivity index (χ1) is 2.91. The molecule has 0 aromatic rings. The largest absolute Gasteiger partial charge is 1.00 e. The van der Waals surface area contributed by atoms with E-state index in [1.807, 2.05) is 4.93 Å². The van der Waals surface area contributed by atoms with Crippen molar-refractivity contribution >= 4 is 29.1 Å². The summed E-state index contributed by atoms with van der Waals surface area (Å²) in [5.74, 6) is 0. The zero-order valence-corrected chi connectivity index (χ0v) is 8.87. The number of hydrogen-bond acceptors (Lipinski definition) is 3. The fraction of sp³-hybridized carbons (Fsp3) is 0.500. The van der Waals surface area contributed by atoms with Crippen molar-refractivity contribution in [3.63, 3.8) is 0 Å². The minimum absolute atomic E-state index is 0. The van der Waals surface area contributed by atoms with Crippen LogP contribution in [0.5, 0.6) is 0 Å². The molecule has 0 rings (SSSR count). The van der Waals surface area contributed by atoms with E-state index in [2.05, 4.69) is 27.5 Å². The van der Waals surface area contributed by atoms with E-state index in [0.717, 1.165) is 6.47 Å². The fourth-order valence-corrected chi connectivity index (χ4v) is 0. The smallest absolute Gasteiger partial charge is 0.509 e. The third-order valence-electron chi connectivity index (χ3n) is 0.0373. The molecule has 0 saturated carbocycles. The molecule has 0 aliphatic heterocycles. The summed E-state index contributed by atoms with van der Waals surface area (Å²) in [7, 11) is 0. The Hall–Kier alpha value is 1.64. The Labute approximate surface area is 92.6 Å². The van der Waals surface area contributed by atoms with Gasteiger partial charge in [0.25, 0.3) is 0 Å². The van der Waals surface area contributed by atoms with Crippen LogP contribution in [0.1, 0.15) is 0 Å². The third kappa shape index (κ3) is 48.3. The molecular weight excluding hydrogens is 415 g/mol. The minimum Gasteiger partial charge on any atom is -0.509 e.